The van der Waals surface area contributed by atoms with E-state index < -0.39 is 0 Å². The third-order valence-electron chi connectivity index (χ3n) is 2.46. The number of rotatable bonds is 7. The molecular weight excluding hydrogens is 259 g/mol. The summed E-state index contributed by atoms with van der Waals surface area (Å²) in [7, 11) is 0. The average Bonchev–Trinajstić information content (AvgIpc) is 2.30. The predicted octanol–water partition coefficient (Wildman–Crippen LogP) is 3.95. The zero-order valence-electron chi connectivity index (χ0n) is 10.3. The van der Waals surface area contributed by atoms with E-state index in [4.69, 9.17) is 4.74 Å². The fraction of sp³-hybridized carbons (Fsp3) is 0.500. The number of hydrogen-bond donors (Lipinski definition) is 0. The third-order valence-corrected chi connectivity index (χ3v) is 2.46. The summed E-state index contributed by atoms with van der Waals surface area (Å²) in [4.78, 5) is 11.4. The average molecular weight is 279 g/mol. The van der Waals surface area contributed by atoms with Crippen LogP contribution in [0.4, 0.5) is 0 Å². The van der Waals surface area contributed by atoms with Crippen LogP contribution in [0, 0.1) is 0 Å². The van der Waals surface area contributed by atoms with Gasteiger partial charge in [0.05, 0.1) is 0 Å². The predicted molar refractivity (Wildman–Crippen MR) is 65.5 cm³/mol. The number of carbonyl (C=O) groups excluding carboxylic acids is 1. The van der Waals surface area contributed by atoms with Crippen molar-refractivity contribution < 1.29 is 26.0 Å². The van der Waals surface area contributed by atoms with Crippen molar-refractivity contribution in [2.75, 3.05) is 0 Å². The molecule has 0 unspecified atom stereocenters. The van der Waals surface area contributed by atoms with Gasteiger partial charge in [0.25, 0.3) is 0 Å². The van der Waals surface area contributed by atoms with Crippen LogP contribution < -0.4 is 4.74 Å². The molecular formula is C14H20NiO2. The number of unbranched alkanes of at least 4 members (excludes halogenated alkanes) is 4. The first-order chi connectivity index (χ1) is 7.83. The number of benzene rings is 1. The Balaban J connectivity index is 0.00000256. The summed E-state index contributed by atoms with van der Waals surface area (Å²) in [5, 5.41) is 0. The molecule has 0 saturated heterocycles. The molecule has 0 heterocycles. The summed E-state index contributed by atoms with van der Waals surface area (Å²) in [5.74, 6) is 0.517. The topological polar surface area (TPSA) is 26.3 Å². The van der Waals surface area contributed by atoms with Crippen LogP contribution in [0.15, 0.2) is 30.3 Å². The van der Waals surface area contributed by atoms with Gasteiger partial charge >= 0.3 is 5.97 Å². The fourth-order valence-electron chi connectivity index (χ4n) is 1.54. The zero-order chi connectivity index (χ0) is 11.6. The van der Waals surface area contributed by atoms with Crippen molar-refractivity contribution in [2.45, 2.75) is 45.4 Å². The SMILES string of the molecule is CCCCCCCC(=O)Oc1ccccc1.[Ni]. The minimum absolute atomic E-state index is 0. The van der Waals surface area contributed by atoms with E-state index in [1.165, 1.54) is 19.3 Å². The summed E-state index contributed by atoms with van der Waals surface area (Å²) in [6.07, 6.45) is 6.29. The van der Waals surface area contributed by atoms with E-state index in [-0.39, 0.29) is 22.5 Å². The Kier molecular flexibility index (Phi) is 9.85. The van der Waals surface area contributed by atoms with Crippen molar-refractivity contribution in [1.29, 1.82) is 0 Å². The van der Waals surface area contributed by atoms with Gasteiger partial charge in [0.15, 0.2) is 0 Å². The molecule has 3 heteroatoms. The van der Waals surface area contributed by atoms with Gasteiger partial charge in [-0.15, -0.1) is 0 Å². The molecule has 0 amide bonds. The van der Waals surface area contributed by atoms with Gasteiger partial charge in [-0.3, -0.25) is 4.79 Å². The molecule has 0 fully saturated rings. The molecule has 0 spiro atoms. The first-order valence-electron chi connectivity index (χ1n) is 6.08. The minimum atomic E-state index is -0.123. The van der Waals surface area contributed by atoms with Crippen molar-refractivity contribution in [3.05, 3.63) is 30.3 Å². The van der Waals surface area contributed by atoms with Crippen molar-refractivity contribution in [2.24, 2.45) is 0 Å². The molecule has 0 bridgehead atoms. The van der Waals surface area contributed by atoms with Crippen LogP contribution in [0.2, 0.25) is 0 Å². The van der Waals surface area contributed by atoms with Crippen molar-refractivity contribution in [3.8, 4) is 5.75 Å². The number of para-hydroxylation sites is 1. The number of carbonyl (C=O) groups is 1. The number of esters is 1. The molecule has 0 aliphatic heterocycles. The van der Waals surface area contributed by atoms with Crippen LogP contribution in [-0.2, 0) is 21.3 Å². The summed E-state index contributed by atoms with van der Waals surface area (Å²) >= 11 is 0. The minimum Gasteiger partial charge on any atom is -0.427 e. The zero-order valence-corrected chi connectivity index (χ0v) is 11.2. The maximum Gasteiger partial charge on any atom is 0.311 e. The van der Waals surface area contributed by atoms with Crippen molar-refractivity contribution in [3.63, 3.8) is 0 Å². The van der Waals surface area contributed by atoms with Crippen LogP contribution >= 0.6 is 0 Å². The van der Waals surface area contributed by atoms with Gasteiger partial charge < -0.3 is 4.74 Å². The molecule has 1 rings (SSSR count). The molecule has 0 saturated carbocycles. The van der Waals surface area contributed by atoms with E-state index in [2.05, 4.69) is 6.92 Å². The van der Waals surface area contributed by atoms with Gasteiger partial charge in [-0.25, -0.2) is 0 Å². The molecule has 2 nitrogen and oxygen atoms in total. The number of ether oxygens (including phenoxy) is 1. The second-order valence-corrected chi connectivity index (χ2v) is 3.95. The van der Waals surface area contributed by atoms with Crippen LogP contribution in [0.1, 0.15) is 45.4 Å². The summed E-state index contributed by atoms with van der Waals surface area (Å²) < 4.78 is 5.18. The smallest absolute Gasteiger partial charge is 0.311 e. The molecule has 1 aromatic rings. The summed E-state index contributed by atoms with van der Waals surface area (Å²) in [6.45, 7) is 2.18. The summed E-state index contributed by atoms with van der Waals surface area (Å²) in [6, 6.07) is 9.24. The van der Waals surface area contributed by atoms with Gasteiger partial charge in [0.2, 0.25) is 0 Å². The van der Waals surface area contributed by atoms with E-state index >= 15 is 0 Å². The molecule has 0 aliphatic carbocycles. The molecule has 1 aromatic carbocycles. The van der Waals surface area contributed by atoms with Crippen LogP contribution in [0.25, 0.3) is 0 Å². The number of hydrogen-bond acceptors (Lipinski definition) is 2. The van der Waals surface area contributed by atoms with Gasteiger partial charge in [-0.05, 0) is 18.6 Å². The molecule has 0 N–H and O–H groups in total. The molecule has 17 heavy (non-hydrogen) atoms. The molecule has 0 atom stereocenters. The molecule has 0 aliphatic rings. The van der Waals surface area contributed by atoms with E-state index in [1.807, 2.05) is 18.2 Å². The summed E-state index contributed by atoms with van der Waals surface area (Å²) in [5.41, 5.74) is 0. The Morgan fingerprint density at radius 1 is 1.06 bits per heavy atom. The van der Waals surface area contributed by atoms with Gasteiger partial charge in [-0.1, -0.05) is 50.8 Å². The monoisotopic (exact) mass is 278 g/mol. The Morgan fingerprint density at radius 2 is 1.71 bits per heavy atom. The van der Waals surface area contributed by atoms with Gasteiger partial charge in [-0.2, -0.15) is 0 Å². The first-order valence-corrected chi connectivity index (χ1v) is 6.08. The Bertz CT molecular complexity index is 298. The Morgan fingerprint density at radius 3 is 2.35 bits per heavy atom. The van der Waals surface area contributed by atoms with Gasteiger partial charge in [0.1, 0.15) is 5.75 Å². The maximum absolute atomic E-state index is 11.4. The molecule has 0 radical (unpaired) electrons. The second kappa shape index (κ2) is 10.3. The van der Waals surface area contributed by atoms with Crippen molar-refractivity contribution >= 4 is 5.97 Å². The normalized spacial score (nSPS) is 9.47. The second-order valence-electron chi connectivity index (χ2n) is 3.95. The Hall–Kier alpha value is -0.816. The molecule has 0 aromatic heterocycles. The third kappa shape index (κ3) is 7.98. The molecule has 98 valence electrons. The van der Waals surface area contributed by atoms with E-state index in [9.17, 15) is 4.79 Å². The Labute approximate surface area is 114 Å². The van der Waals surface area contributed by atoms with E-state index in [1.54, 1.807) is 12.1 Å². The van der Waals surface area contributed by atoms with Crippen LogP contribution in [0.5, 0.6) is 5.75 Å². The van der Waals surface area contributed by atoms with Gasteiger partial charge in [0, 0.05) is 22.9 Å². The first kappa shape index (κ1) is 16.2. The fourth-order valence-corrected chi connectivity index (χ4v) is 1.54. The quantitative estimate of drug-likeness (QED) is 0.327. The standard InChI is InChI=1S/C14H20O2.Ni/c1-2-3-4-5-9-12-14(15)16-13-10-7-6-8-11-13;/h6-8,10-11H,2-5,9,12H2,1H3;. The van der Waals surface area contributed by atoms with Crippen LogP contribution in [0.3, 0.4) is 0 Å². The van der Waals surface area contributed by atoms with E-state index in [0.29, 0.717) is 12.2 Å². The van der Waals surface area contributed by atoms with E-state index in [0.717, 1.165) is 12.8 Å². The maximum atomic E-state index is 11.4. The van der Waals surface area contributed by atoms with Crippen molar-refractivity contribution in [1.82, 2.24) is 0 Å². The largest absolute Gasteiger partial charge is 0.427 e. The van der Waals surface area contributed by atoms with Crippen LogP contribution in [-0.4, -0.2) is 5.97 Å².